The van der Waals surface area contributed by atoms with E-state index >= 15 is 0 Å². The van der Waals surface area contributed by atoms with E-state index in [0.29, 0.717) is 5.56 Å². The molecule has 1 nitrogen and oxygen atoms in total. The number of hydrogen-bond acceptors (Lipinski definition) is 1. The minimum absolute atomic E-state index is 0.0625. The van der Waals surface area contributed by atoms with Crippen LogP contribution >= 0.6 is 0 Å². The molecule has 0 saturated heterocycles. The molecule has 0 spiro atoms. The van der Waals surface area contributed by atoms with E-state index in [1.807, 2.05) is 0 Å². The molecule has 0 bridgehead atoms. The smallest absolute Gasteiger partial charge is 0.133 e. The third-order valence-corrected chi connectivity index (χ3v) is 2.78. The van der Waals surface area contributed by atoms with Crippen molar-refractivity contribution in [3.8, 4) is 0 Å². The zero-order valence-corrected chi connectivity index (χ0v) is 8.06. The van der Waals surface area contributed by atoms with Gasteiger partial charge in [-0.1, -0.05) is 6.07 Å². The Hall–Kier alpha value is -0.960. The lowest BCUT2D eigenvalue weighted by Gasteiger charge is -2.14. The lowest BCUT2D eigenvalue weighted by molar-refractivity contribution is 0.500. The topological polar surface area (TPSA) is 26.0 Å². The average Bonchev–Trinajstić information content (AvgIpc) is 2.95. The standard InChI is InChI=1S/C11H13F2N/c1-6-2-5-8(12)9(10(6)13)11(14)7-3-4-7/h2,5,7,11H,3-4,14H2,1H3/t11-/m1/s1. The third kappa shape index (κ3) is 1.52. The Morgan fingerprint density at radius 3 is 2.57 bits per heavy atom. The van der Waals surface area contributed by atoms with Gasteiger partial charge in [-0.2, -0.15) is 0 Å². The van der Waals surface area contributed by atoms with Crippen LogP contribution in [0, 0.1) is 24.5 Å². The third-order valence-electron chi connectivity index (χ3n) is 2.78. The van der Waals surface area contributed by atoms with Crippen LogP contribution in [0.25, 0.3) is 0 Å². The zero-order valence-electron chi connectivity index (χ0n) is 8.06. The van der Waals surface area contributed by atoms with Gasteiger partial charge in [0.1, 0.15) is 11.6 Å². The molecule has 0 aliphatic heterocycles. The second-order valence-corrected chi connectivity index (χ2v) is 3.96. The number of halogens is 2. The van der Waals surface area contributed by atoms with Gasteiger partial charge in [-0.05, 0) is 37.3 Å². The largest absolute Gasteiger partial charge is 0.324 e. The maximum atomic E-state index is 13.6. The highest BCUT2D eigenvalue weighted by atomic mass is 19.1. The lowest BCUT2D eigenvalue weighted by atomic mass is 10.00. The van der Waals surface area contributed by atoms with Crippen LogP contribution in [0.15, 0.2) is 12.1 Å². The highest BCUT2D eigenvalue weighted by Gasteiger charge is 2.33. The van der Waals surface area contributed by atoms with E-state index in [9.17, 15) is 8.78 Å². The summed E-state index contributed by atoms with van der Waals surface area (Å²) in [5.41, 5.74) is 6.31. The van der Waals surface area contributed by atoms with E-state index in [4.69, 9.17) is 5.73 Å². The summed E-state index contributed by atoms with van der Waals surface area (Å²) in [6.45, 7) is 1.62. The maximum absolute atomic E-state index is 13.6. The van der Waals surface area contributed by atoms with Gasteiger partial charge in [0.25, 0.3) is 0 Å². The minimum Gasteiger partial charge on any atom is -0.324 e. The minimum atomic E-state index is -0.521. The van der Waals surface area contributed by atoms with Gasteiger partial charge in [0.05, 0.1) is 0 Å². The highest BCUT2D eigenvalue weighted by Crippen LogP contribution is 2.41. The first-order valence-corrected chi connectivity index (χ1v) is 4.81. The van der Waals surface area contributed by atoms with E-state index in [1.54, 1.807) is 6.92 Å². The van der Waals surface area contributed by atoms with E-state index in [-0.39, 0.29) is 11.5 Å². The molecule has 0 radical (unpaired) electrons. The Morgan fingerprint density at radius 2 is 2.00 bits per heavy atom. The predicted molar refractivity (Wildman–Crippen MR) is 50.7 cm³/mol. The number of aryl methyl sites for hydroxylation is 1. The molecule has 0 amide bonds. The summed E-state index contributed by atoms with van der Waals surface area (Å²) in [6, 6.07) is 2.25. The molecule has 1 aliphatic carbocycles. The van der Waals surface area contributed by atoms with E-state index in [2.05, 4.69) is 0 Å². The van der Waals surface area contributed by atoms with Gasteiger partial charge in [-0.3, -0.25) is 0 Å². The molecule has 1 aromatic rings. The molecule has 0 unspecified atom stereocenters. The molecule has 76 valence electrons. The second-order valence-electron chi connectivity index (χ2n) is 3.96. The van der Waals surface area contributed by atoms with Crippen molar-refractivity contribution >= 4 is 0 Å². The summed E-state index contributed by atoms with van der Waals surface area (Å²) in [5.74, 6) is -0.738. The first kappa shape index (κ1) is 9.59. The Morgan fingerprint density at radius 1 is 1.36 bits per heavy atom. The monoisotopic (exact) mass is 197 g/mol. The molecular formula is C11H13F2N. The van der Waals surface area contributed by atoms with Crippen LogP contribution in [0.4, 0.5) is 8.78 Å². The van der Waals surface area contributed by atoms with Crippen molar-refractivity contribution in [2.45, 2.75) is 25.8 Å². The highest BCUT2D eigenvalue weighted by molar-refractivity contribution is 5.30. The van der Waals surface area contributed by atoms with Gasteiger partial charge < -0.3 is 5.73 Å². The van der Waals surface area contributed by atoms with Crippen molar-refractivity contribution < 1.29 is 8.78 Å². The van der Waals surface area contributed by atoms with Gasteiger partial charge >= 0.3 is 0 Å². The molecule has 0 heterocycles. The summed E-state index contributed by atoms with van der Waals surface area (Å²) < 4.78 is 26.9. The molecular weight excluding hydrogens is 184 g/mol. The Kier molecular flexibility index (Phi) is 2.27. The molecule has 2 N–H and O–H groups in total. The van der Waals surface area contributed by atoms with Gasteiger partial charge in [0, 0.05) is 11.6 Å². The van der Waals surface area contributed by atoms with Crippen LogP contribution in [0.5, 0.6) is 0 Å². The molecule has 0 aromatic heterocycles. The quantitative estimate of drug-likeness (QED) is 0.775. The lowest BCUT2D eigenvalue weighted by Crippen LogP contribution is -2.16. The Labute approximate surface area is 81.9 Å². The van der Waals surface area contributed by atoms with E-state index in [1.165, 1.54) is 12.1 Å². The Bertz CT molecular complexity index is 359. The fraction of sp³-hybridized carbons (Fsp3) is 0.455. The van der Waals surface area contributed by atoms with Crippen LogP contribution in [-0.4, -0.2) is 0 Å². The molecule has 2 rings (SSSR count). The SMILES string of the molecule is Cc1ccc(F)c([C@H](N)C2CC2)c1F. The molecule has 1 fully saturated rings. The van der Waals surface area contributed by atoms with Gasteiger partial charge in [0.2, 0.25) is 0 Å². The summed E-state index contributed by atoms with van der Waals surface area (Å²) in [6.07, 6.45) is 1.96. The van der Waals surface area contributed by atoms with Crippen LogP contribution in [0.2, 0.25) is 0 Å². The molecule has 1 atom stereocenters. The van der Waals surface area contributed by atoms with Gasteiger partial charge in [-0.15, -0.1) is 0 Å². The first-order chi connectivity index (χ1) is 6.61. The van der Waals surface area contributed by atoms with E-state index < -0.39 is 17.7 Å². The van der Waals surface area contributed by atoms with Crippen LogP contribution in [0.3, 0.4) is 0 Å². The molecule has 1 saturated carbocycles. The summed E-state index contributed by atoms with van der Waals surface area (Å²) in [5, 5.41) is 0. The van der Waals surface area contributed by atoms with Crippen molar-refractivity contribution in [1.82, 2.24) is 0 Å². The van der Waals surface area contributed by atoms with Crippen molar-refractivity contribution in [3.63, 3.8) is 0 Å². The number of hydrogen-bond donors (Lipinski definition) is 1. The molecule has 1 aliphatic rings. The van der Waals surface area contributed by atoms with Crippen molar-refractivity contribution in [3.05, 3.63) is 34.9 Å². The van der Waals surface area contributed by atoms with Crippen LogP contribution < -0.4 is 5.73 Å². The fourth-order valence-corrected chi connectivity index (χ4v) is 1.67. The van der Waals surface area contributed by atoms with Crippen LogP contribution in [0.1, 0.15) is 30.0 Å². The van der Waals surface area contributed by atoms with Gasteiger partial charge in [0.15, 0.2) is 0 Å². The van der Waals surface area contributed by atoms with Crippen LogP contribution in [-0.2, 0) is 0 Å². The summed E-state index contributed by atoms with van der Waals surface area (Å²) in [4.78, 5) is 0. The first-order valence-electron chi connectivity index (χ1n) is 4.81. The van der Waals surface area contributed by atoms with Crippen molar-refractivity contribution in [2.24, 2.45) is 11.7 Å². The fourth-order valence-electron chi connectivity index (χ4n) is 1.67. The molecule has 3 heteroatoms. The normalized spacial score (nSPS) is 18.3. The Balaban J connectivity index is 2.43. The molecule has 1 aromatic carbocycles. The van der Waals surface area contributed by atoms with Crippen molar-refractivity contribution in [2.75, 3.05) is 0 Å². The number of nitrogens with two attached hydrogens (primary N) is 1. The number of benzene rings is 1. The maximum Gasteiger partial charge on any atom is 0.133 e. The van der Waals surface area contributed by atoms with E-state index in [0.717, 1.165) is 12.8 Å². The second kappa shape index (κ2) is 3.31. The number of rotatable bonds is 2. The summed E-state index contributed by atoms with van der Waals surface area (Å²) >= 11 is 0. The van der Waals surface area contributed by atoms with Gasteiger partial charge in [-0.25, -0.2) is 8.78 Å². The zero-order chi connectivity index (χ0) is 10.3. The summed E-state index contributed by atoms with van der Waals surface area (Å²) in [7, 11) is 0. The molecule has 14 heavy (non-hydrogen) atoms. The van der Waals surface area contributed by atoms with Crippen molar-refractivity contribution in [1.29, 1.82) is 0 Å². The predicted octanol–water partition coefficient (Wildman–Crippen LogP) is 2.68. The average molecular weight is 197 g/mol.